The molecular weight excluding hydrogens is 325 g/mol. The summed E-state index contributed by atoms with van der Waals surface area (Å²) in [7, 11) is 0. The van der Waals surface area contributed by atoms with Crippen molar-refractivity contribution in [3.8, 4) is 0 Å². The van der Waals surface area contributed by atoms with Crippen LogP contribution in [0.15, 0.2) is 30.5 Å². The van der Waals surface area contributed by atoms with Gasteiger partial charge in [-0.05, 0) is 44.6 Å². The van der Waals surface area contributed by atoms with Gasteiger partial charge in [-0.2, -0.15) is 0 Å². The number of benzene rings is 1. The molecule has 4 nitrogen and oxygen atoms in total. The first-order valence-electron chi connectivity index (χ1n) is 8.33. The van der Waals surface area contributed by atoms with E-state index in [0.717, 1.165) is 35.6 Å². The number of nitrogens with zero attached hydrogens (tertiary/aromatic N) is 1. The van der Waals surface area contributed by atoms with Crippen molar-refractivity contribution in [2.45, 2.75) is 44.2 Å². The minimum atomic E-state index is -0.553. The van der Waals surface area contributed by atoms with E-state index in [2.05, 4.69) is 15.6 Å². The molecule has 2 aromatic rings. The number of aromatic nitrogens is 1. The Labute approximate surface area is 144 Å². The summed E-state index contributed by atoms with van der Waals surface area (Å²) in [6.45, 7) is 2.02. The number of carbonyl (C=O) groups excluding carboxylic acids is 1. The van der Waals surface area contributed by atoms with Crippen molar-refractivity contribution in [1.82, 2.24) is 15.6 Å². The maximum Gasteiger partial charge on any atom is 0.316 e. The van der Waals surface area contributed by atoms with Gasteiger partial charge in [-0.15, -0.1) is 11.3 Å². The van der Waals surface area contributed by atoms with Crippen LogP contribution in [0.4, 0.5) is 9.18 Å². The van der Waals surface area contributed by atoms with Gasteiger partial charge < -0.3 is 10.6 Å². The summed E-state index contributed by atoms with van der Waals surface area (Å²) in [5.41, 5.74) is 0.0238. The molecule has 2 aliphatic rings. The third-order valence-electron chi connectivity index (χ3n) is 4.78. The lowest BCUT2D eigenvalue weighted by molar-refractivity contribution is 0.230. The molecular formula is C18H20FN3OS. The molecule has 0 saturated heterocycles. The third kappa shape index (κ3) is 3.02. The number of carbonyl (C=O) groups is 1. The average Bonchev–Trinajstić information content (AvgIpc) is 3.46. The maximum atomic E-state index is 14.1. The van der Waals surface area contributed by atoms with Gasteiger partial charge in [-0.1, -0.05) is 18.2 Å². The molecule has 6 heteroatoms. The highest BCUT2D eigenvalue weighted by molar-refractivity contribution is 7.11. The summed E-state index contributed by atoms with van der Waals surface area (Å²) >= 11 is 1.62. The molecule has 2 amide bonds. The van der Waals surface area contributed by atoms with Gasteiger partial charge in [0, 0.05) is 16.6 Å². The van der Waals surface area contributed by atoms with Gasteiger partial charge in [-0.25, -0.2) is 14.2 Å². The summed E-state index contributed by atoms with van der Waals surface area (Å²) < 4.78 is 14.1. The molecule has 2 aliphatic carbocycles. The zero-order valence-corrected chi connectivity index (χ0v) is 14.3. The van der Waals surface area contributed by atoms with Crippen LogP contribution in [0.3, 0.4) is 0 Å². The lowest BCUT2D eigenvalue weighted by Crippen LogP contribution is -2.44. The van der Waals surface area contributed by atoms with E-state index >= 15 is 0 Å². The topological polar surface area (TPSA) is 54.0 Å². The lowest BCUT2D eigenvalue weighted by Gasteiger charge is -2.22. The summed E-state index contributed by atoms with van der Waals surface area (Å²) in [6, 6.07) is 6.40. The first kappa shape index (κ1) is 15.6. The van der Waals surface area contributed by atoms with Gasteiger partial charge in [-0.3, -0.25) is 0 Å². The molecule has 2 N–H and O–H groups in total. The first-order chi connectivity index (χ1) is 11.6. The van der Waals surface area contributed by atoms with Crippen LogP contribution in [-0.2, 0) is 5.54 Å². The van der Waals surface area contributed by atoms with E-state index in [0.29, 0.717) is 11.5 Å². The summed E-state index contributed by atoms with van der Waals surface area (Å²) in [5.74, 6) is 0.203. The lowest BCUT2D eigenvalue weighted by atomic mass is 10.0. The Morgan fingerprint density at radius 2 is 2.12 bits per heavy atom. The molecule has 0 bridgehead atoms. The van der Waals surface area contributed by atoms with E-state index in [9.17, 15) is 9.18 Å². The van der Waals surface area contributed by atoms with Gasteiger partial charge in [0.05, 0.1) is 11.6 Å². The number of amides is 2. The Morgan fingerprint density at radius 1 is 1.38 bits per heavy atom. The number of thiazole rings is 1. The zero-order valence-electron chi connectivity index (χ0n) is 13.5. The van der Waals surface area contributed by atoms with Crippen LogP contribution < -0.4 is 10.6 Å². The standard InChI is InChI=1S/C18H20FN3OS/c1-11-10-20-16(24-11)15(12-6-7-12)21-17(23)22-18(8-9-18)13-4-2-3-5-14(13)19/h2-5,10,12,15H,6-9H2,1H3,(H2,21,22,23)/t15-/m1/s1. The molecule has 1 heterocycles. The van der Waals surface area contributed by atoms with Crippen LogP contribution in [-0.4, -0.2) is 11.0 Å². The van der Waals surface area contributed by atoms with Gasteiger partial charge >= 0.3 is 6.03 Å². The second-order valence-electron chi connectivity index (χ2n) is 6.78. The highest BCUT2D eigenvalue weighted by Crippen LogP contribution is 2.47. The van der Waals surface area contributed by atoms with Crippen molar-refractivity contribution < 1.29 is 9.18 Å². The summed E-state index contributed by atoms with van der Waals surface area (Å²) in [6.07, 6.45) is 5.61. The molecule has 1 atom stereocenters. The van der Waals surface area contributed by atoms with E-state index in [1.165, 1.54) is 6.07 Å². The number of hydrogen-bond donors (Lipinski definition) is 2. The third-order valence-corrected chi connectivity index (χ3v) is 5.77. The van der Waals surface area contributed by atoms with E-state index in [4.69, 9.17) is 0 Å². The average molecular weight is 345 g/mol. The van der Waals surface area contributed by atoms with Crippen molar-refractivity contribution in [1.29, 1.82) is 0 Å². The Kier molecular flexibility index (Phi) is 3.79. The van der Waals surface area contributed by atoms with Crippen molar-refractivity contribution in [2.75, 3.05) is 0 Å². The highest BCUT2D eigenvalue weighted by atomic mass is 32.1. The maximum absolute atomic E-state index is 14.1. The fourth-order valence-electron chi connectivity index (χ4n) is 3.16. The van der Waals surface area contributed by atoms with E-state index in [-0.39, 0.29) is 17.9 Å². The van der Waals surface area contributed by atoms with Crippen molar-refractivity contribution in [3.63, 3.8) is 0 Å². The van der Waals surface area contributed by atoms with Crippen LogP contribution in [0.2, 0.25) is 0 Å². The Morgan fingerprint density at radius 3 is 2.71 bits per heavy atom. The quantitative estimate of drug-likeness (QED) is 0.859. The Hall–Kier alpha value is -1.95. The molecule has 24 heavy (non-hydrogen) atoms. The van der Waals surface area contributed by atoms with Crippen LogP contribution in [0.5, 0.6) is 0 Å². The van der Waals surface area contributed by atoms with Gasteiger partial charge in [0.15, 0.2) is 0 Å². The smallest absolute Gasteiger partial charge is 0.316 e. The molecule has 0 radical (unpaired) electrons. The normalized spacial score (nSPS) is 19.6. The monoisotopic (exact) mass is 345 g/mol. The highest BCUT2D eigenvalue weighted by Gasteiger charge is 2.48. The molecule has 126 valence electrons. The molecule has 2 saturated carbocycles. The first-order valence-corrected chi connectivity index (χ1v) is 9.15. The fraction of sp³-hybridized carbons (Fsp3) is 0.444. The van der Waals surface area contributed by atoms with Crippen LogP contribution >= 0.6 is 11.3 Å². The van der Waals surface area contributed by atoms with Crippen molar-refractivity contribution in [3.05, 3.63) is 51.7 Å². The second kappa shape index (κ2) is 5.84. The van der Waals surface area contributed by atoms with E-state index in [1.54, 1.807) is 23.5 Å². The second-order valence-corrected chi connectivity index (χ2v) is 8.05. The van der Waals surface area contributed by atoms with Crippen LogP contribution in [0, 0.1) is 18.7 Å². The minimum absolute atomic E-state index is 0.0416. The molecule has 4 rings (SSSR count). The fourth-order valence-corrected chi connectivity index (χ4v) is 4.08. The zero-order chi connectivity index (χ0) is 16.7. The SMILES string of the molecule is Cc1cnc([C@H](NC(=O)NC2(c3ccccc3F)CC2)C2CC2)s1. The molecule has 0 spiro atoms. The number of urea groups is 1. The van der Waals surface area contributed by atoms with E-state index in [1.807, 2.05) is 19.2 Å². The number of nitrogens with one attached hydrogen (secondary N) is 2. The predicted octanol–water partition coefficient (Wildman–Crippen LogP) is 4.03. The van der Waals surface area contributed by atoms with E-state index < -0.39 is 5.54 Å². The Balaban J connectivity index is 1.47. The number of aryl methyl sites for hydroxylation is 1. The number of halogens is 1. The molecule has 2 fully saturated rings. The van der Waals surface area contributed by atoms with Gasteiger partial charge in [0.25, 0.3) is 0 Å². The Bertz CT molecular complexity index is 767. The van der Waals surface area contributed by atoms with Crippen LogP contribution in [0.25, 0.3) is 0 Å². The predicted molar refractivity (Wildman–Crippen MR) is 91.3 cm³/mol. The molecule has 0 unspecified atom stereocenters. The van der Waals surface area contributed by atoms with Crippen molar-refractivity contribution >= 4 is 17.4 Å². The number of rotatable bonds is 5. The van der Waals surface area contributed by atoms with Gasteiger partial charge in [0.1, 0.15) is 10.8 Å². The van der Waals surface area contributed by atoms with Crippen molar-refractivity contribution in [2.24, 2.45) is 5.92 Å². The van der Waals surface area contributed by atoms with Crippen LogP contribution in [0.1, 0.15) is 47.2 Å². The minimum Gasteiger partial charge on any atom is -0.329 e. The molecule has 0 aliphatic heterocycles. The summed E-state index contributed by atoms with van der Waals surface area (Å²) in [5, 5.41) is 7.03. The largest absolute Gasteiger partial charge is 0.329 e. The molecule has 1 aromatic carbocycles. The number of hydrogen-bond acceptors (Lipinski definition) is 3. The molecule has 1 aromatic heterocycles. The summed E-state index contributed by atoms with van der Waals surface area (Å²) in [4.78, 5) is 18.1. The van der Waals surface area contributed by atoms with Gasteiger partial charge in [0.2, 0.25) is 0 Å².